The summed E-state index contributed by atoms with van der Waals surface area (Å²) in [5, 5.41) is 23.3. The zero-order valence-electron chi connectivity index (χ0n) is 21.8. The molecule has 2 aliphatic carbocycles. The molecule has 2 heterocycles. The van der Waals surface area contributed by atoms with Crippen molar-refractivity contribution in [2.75, 3.05) is 14.2 Å². The monoisotopic (exact) mass is 590 g/mol. The maximum atomic E-state index is 11.0. The molecule has 41 heavy (non-hydrogen) atoms. The summed E-state index contributed by atoms with van der Waals surface area (Å²) < 4.78 is 10.4. The molecule has 2 aliphatic rings. The summed E-state index contributed by atoms with van der Waals surface area (Å²) in [7, 11) is 2.95. The largest absolute Gasteiger partial charge is 2.00 e. The molecule has 0 spiro atoms. The van der Waals surface area contributed by atoms with Crippen LogP contribution in [-0.2, 0) is 17.1 Å². The number of nitrogens with zero attached hydrogens (tertiary/aromatic N) is 4. The number of pyridine rings is 2. The molecule has 11 heteroatoms. The molecule has 0 aliphatic heterocycles. The van der Waals surface area contributed by atoms with Gasteiger partial charge in [0.05, 0.1) is 36.2 Å². The molecular weight excluding hydrogens is 568 g/mol. The molecule has 2 aromatic heterocycles. The van der Waals surface area contributed by atoms with Crippen molar-refractivity contribution in [3.05, 3.63) is 143 Å². The zero-order valence-corrected chi connectivity index (χ0v) is 22.9. The van der Waals surface area contributed by atoms with Gasteiger partial charge in [-0.05, 0) is 74.6 Å². The summed E-state index contributed by atoms with van der Waals surface area (Å²) in [6.07, 6.45) is 19.1. The maximum Gasteiger partial charge on any atom is 2.00 e. The third-order valence-corrected chi connectivity index (χ3v) is 6.32. The number of non-ortho nitro benzene ring substituents is 2. The minimum atomic E-state index is -0.433. The first-order valence-corrected chi connectivity index (χ1v) is 12.1. The third-order valence-electron chi connectivity index (χ3n) is 6.32. The average molecular weight is 590 g/mol. The fourth-order valence-corrected chi connectivity index (χ4v) is 4.37. The van der Waals surface area contributed by atoms with E-state index in [1.165, 1.54) is 38.5 Å². The summed E-state index contributed by atoms with van der Waals surface area (Å²) in [6.45, 7) is 0. The topological polar surface area (TPSA) is 131 Å². The SMILES string of the molecule is COc1cc([N+](=O)[O-])cc2cc([C]3[CH][CH][CH][CH]3)cnc12.COc1cc([N+](=O)[O-])cc2cc([C]3[CH][CH][CH][CH]3)cnc12.[Fe+2]. The fraction of sp³-hybridized carbons (Fsp3) is 0.0667. The molecule has 4 aromatic rings. The molecule has 0 bridgehead atoms. The van der Waals surface area contributed by atoms with Crippen molar-refractivity contribution < 1.29 is 36.4 Å². The van der Waals surface area contributed by atoms with Crippen molar-refractivity contribution >= 4 is 33.2 Å². The van der Waals surface area contributed by atoms with Crippen LogP contribution in [0.1, 0.15) is 11.1 Å². The van der Waals surface area contributed by atoms with E-state index in [1.807, 2.05) is 63.5 Å². The summed E-state index contributed by atoms with van der Waals surface area (Å²) in [5.74, 6) is 2.88. The molecule has 0 atom stereocenters. The second-order valence-electron chi connectivity index (χ2n) is 8.75. The Labute approximate surface area is 248 Å². The van der Waals surface area contributed by atoms with Gasteiger partial charge in [-0.15, -0.1) is 0 Å². The molecule has 2 aromatic carbocycles. The molecular formula is C30H22FeN4O6+2. The van der Waals surface area contributed by atoms with Gasteiger partial charge < -0.3 is 9.47 Å². The van der Waals surface area contributed by atoms with Crippen LogP contribution in [0.2, 0.25) is 0 Å². The van der Waals surface area contributed by atoms with Crippen molar-refractivity contribution in [1.82, 2.24) is 9.97 Å². The Morgan fingerprint density at radius 2 is 0.976 bits per heavy atom. The van der Waals surface area contributed by atoms with Gasteiger partial charge in [0.1, 0.15) is 11.0 Å². The van der Waals surface area contributed by atoms with E-state index in [2.05, 4.69) is 9.97 Å². The number of nitro groups is 2. The van der Waals surface area contributed by atoms with Gasteiger partial charge in [0, 0.05) is 47.1 Å². The molecule has 204 valence electrons. The van der Waals surface area contributed by atoms with Gasteiger partial charge in [0.2, 0.25) is 0 Å². The van der Waals surface area contributed by atoms with Gasteiger partial charge in [-0.2, -0.15) is 0 Å². The molecule has 0 N–H and O–H groups in total. The fourth-order valence-electron chi connectivity index (χ4n) is 4.37. The Hall–Kier alpha value is -3.82. The first-order valence-electron chi connectivity index (χ1n) is 12.1. The van der Waals surface area contributed by atoms with Crippen LogP contribution in [0.5, 0.6) is 11.5 Å². The van der Waals surface area contributed by atoms with Crippen molar-refractivity contribution in [2.24, 2.45) is 0 Å². The molecule has 0 saturated heterocycles. The molecule has 6 rings (SSSR count). The van der Waals surface area contributed by atoms with Gasteiger partial charge in [0.25, 0.3) is 11.4 Å². The van der Waals surface area contributed by atoms with E-state index >= 15 is 0 Å². The number of nitro benzene ring substituents is 2. The second-order valence-corrected chi connectivity index (χ2v) is 8.75. The van der Waals surface area contributed by atoms with E-state index in [0.717, 1.165) is 23.0 Å². The van der Waals surface area contributed by atoms with Gasteiger partial charge in [0.15, 0.2) is 11.5 Å². The van der Waals surface area contributed by atoms with Crippen molar-refractivity contribution in [3.63, 3.8) is 0 Å². The average Bonchev–Trinajstić information content (AvgIpc) is 3.71. The molecule has 10 nitrogen and oxygen atoms in total. The smallest absolute Gasteiger partial charge is 0.494 e. The summed E-state index contributed by atoms with van der Waals surface area (Å²) >= 11 is 0. The number of fused-ring (bicyclic) bond motifs is 2. The predicted molar refractivity (Wildman–Crippen MR) is 149 cm³/mol. The Morgan fingerprint density at radius 1 is 0.610 bits per heavy atom. The Kier molecular flexibility index (Phi) is 9.73. The number of hydrogen-bond donors (Lipinski definition) is 0. The van der Waals surface area contributed by atoms with Crippen molar-refractivity contribution in [2.45, 2.75) is 0 Å². The van der Waals surface area contributed by atoms with Crippen LogP contribution in [0.25, 0.3) is 21.8 Å². The maximum absolute atomic E-state index is 11.0. The first kappa shape index (κ1) is 30.1. The standard InChI is InChI=1S/2C15H11N2O3.Fe/c2*1-20-14-8-13(17(18)19)7-11-6-12(9-16-15(11)14)10-4-2-3-5-10;/h2*2-9H,1H3;/q;;+2. The van der Waals surface area contributed by atoms with Crippen LogP contribution in [0.3, 0.4) is 0 Å². The Balaban J connectivity index is 0.000000184. The molecule has 2 saturated carbocycles. The molecule has 2 fully saturated rings. The zero-order chi connectivity index (χ0) is 28.2. The van der Waals surface area contributed by atoms with Crippen LogP contribution >= 0.6 is 0 Å². The van der Waals surface area contributed by atoms with Crippen molar-refractivity contribution in [1.29, 1.82) is 0 Å². The second kappa shape index (κ2) is 13.2. The van der Waals surface area contributed by atoms with Crippen molar-refractivity contribution in [3.8, 4) is 11.5 Å². The van der Waals surface area contributed by atoms with Gasteiger partial charge in [-0.25, -0.2) is 0 Å². The number of hydrogen-bond acceptors (Lipinski definition) is 8. The Bertz CT molecular complexity index is 1450. The van der Waals surface area contributed by atoms with Gasteiger partial charge in [-0.3, -0.25) is 30.2 Å². The Morgan fingerprint density at radius 3 is 1.29 bits per heavy atom. The quantitative estimate of drug-likeness (QED) is 0.156. The van der Waals surface area contributed by atoms with Crippen LogP contribution in [0, 0.1) is 83.4 Å². The van der Waals surface area contributed by atoms with E-state index in [1.54, 1.807) is 12.4 Å². The van der Waals surface area contributed by atoms with Crippen LogP contribution in [0.4, 0.5) is 11.4 Å². The minimum Gasteiger partial charge on any atom is -0.494 e. The minimum absolute atomic E-state index is 0. The van der Waals surface area contributed by atoms with E-state index in [4.69, 9.17) is 9.47 Å². The number of aromatic nitrogens is 2. The summed E-state index contributed by atoms with van der Waals surface area (Å²) in [5.41, 5.74) is 3.07. The van der Waals surface area contributed by atoms with Gasteiger partial charge in [-0.1, -0.05) is 0 Å². The number of rotatable bonds is 6. The number of ether oxygens (including phenoxy) is 2. The van der Waals surface area contributed by atoms with E-state index < -0.39 is 9.85 Å². The normalized spacial score (nSPS) is 15.3. The molecule has 0 unspecified atom stereocenters. The van der Waals surface area contributed by atoms with Crippen LogP contribution in [-0.4, -0.2) is 34.0 Å². The molecule has 10 radical (unpaired) electrons. The predicted octanol–water partition coefficient (Wildman–Crippen LogP) is 5.81. The first-order chi connectivity index (χ1) is 19.4. The van der Waals surface area contributed by atoms with Gasteiger partial charge >= 0.3 is 17.1 Å². The van der Waals surface area contributed by atoms with Crippen LogP contribution < -0.4 is 9.47 Å². The summed E-state index contributed by atoms with van der Waals surface area (Å²) in [6, 6.07) is 9.56. The molecule has 0 amide bonds. The van der Waals surface area contributed by atoms with E-state index in [-0.39, 0.29) is 28.4 Å². The van der Waals surface area contributed by atoms with Crippen LogP contribution in [0.15, 0.2) is 48.8 Å². The number of methoxy groups -OCH3 is 2. The third kappa shape index (κ3) is 6.57. The number of benzene rings is 2. The summed E-state index contributed by atoms with van der Waals surface area (Å²) in [4.78, 5) is 29.8. The van der Waals surface area contributed by atoms with E-state index in [9.17, 15) is 20.2 Å². The van der Waals surface area contributed by atoms with E-state index in [0.29, 0.717) is 33.3 Å².